The van der Waals surface area contributed by atoms with E-state index in [0.29, 0.717) is 26.9 Å². The Hall–Kier alpha value is -3.43. The Bertz CT molecular complexity index is 2120. The number of para-hydroxylation sites is 2. The van der Waals surface area contributed by atoms with Crippen LogP contribution < -0.4 is 9.64 Å². The molecule has 2 unspecified atom stereocenters. The Morgan fingerprint density at radius 3 is 2.45 bits per heavy atom. The zero-order valence-electron chi connectivity index (χ0n) is 30.6. The summed E-state index contributed by atoms with van der Waals surface area (Å²) in [7, 11) is 0. The van der Waals surface area contributed by atoms with E-state index in [-0.39, 0.29) is 11.0 Å². The molecule has 2 aromatic heterocycles. The molecule has 2 aliphatic carbocycles. The third-order valence-electron chi connectivity index (χ3n) is 11.1. The van der Waals surface area contributed by atoms with Crippen molar-refractivity contribution in [3.8, 4) is 17.2 Å². The van der Waals surface area contributed by atoms with Crippen LogP contribution in [0.15, 0.2) is 85.1 Å². The van der Waals surface area contributed by atoms with Gasteiger partial charge in [0.1, 0.15) is 0 Å². The van der Waals surface area contributed by atoms with E-state index >= 15 is 0 Å². The average molecular weight is 809 g/mol. The van der Waals surface area contributed by atoms with Crippen LogP contribution in [0.25, 0.3) is 16.7 Å². The van der Waals surface area contributed by atoms with Crippen molar-refractivity contribution < 1.29 is 28.2 Å². The van der Waals surface area contributed by atoms with Crippen molar-refractivity contribution in [1.29, 1.82) is 0 Å². The van der Waals surface area contributed by atoms with E-state index in [9.17, 15) is 0 Å². The molecule has 1 spiro atoms. The second kappa shape index (κ2) is 11.9. The Morgan fingerprint density at radius 1 is 0.851 bits per heavy atom. The molecule has 2 atom stereocenters. The van der Waals surface area contributed by atoms with E-state index < -0.39 is 6.98 Å². The predicted molar refractivity (Wildman–Crippen MR) is 188 cm³/mol. The van der Waals surface area contributed by atoms with Crippen molar-refractivity contribution >= 4 is 22.5 Å². The minimum atomic E-state index is -2.31. The van der Waals surface area contributed by atoms with Crippen LogP contribution in [0.5, 0.6) is 11.5 Å². The topological polar surface area (TPSA) is 35.2 Å². The van der Waals surface area contributed by atoms with Gasteiger partial charge in [0, 0.05) is 6.20 Å². The standard InChI is InChI=1S/C41H46N4O.Pt/c1-40(2,3)29-21-24-42-39(25-29)45-38-27-32(19-20-34(38)33-15-6-7-16-35(33)41(45)22-10-5-11-23-41)46-31-14-12-13-30(26-31)44-28-43(4)36-17-8-9-18-37(36)44;/h8-9,12-14,17-21,24-27,33,35H,5-7,10-11,15-16,22-23H2,1-4H3;/i4D3;. The molecule has 2 fully saturated rings. The van der Waals surface area contributed by atoms with Gasteiger partial charge in [-0.3, -0.25) is 0 Å². The maximum atomic E-state index is 8.23. The van der Waals surface area contributed by atoms with Crippen LogP contribution in [0.4, 0.5) is 11.5 Å². The molecule has 5 aromatic rings. The van der Waals surface area contributed by atoms with E-state index in [4.69, 9.17) is 13.8 Å². The first-order valence-corrected chi connectivity index (χ1v) is 18.5. The number of anilines is 2. The Balaban J connectivity index is 1.24. The molecule has 5 nitrogen and oxygen atoms in total. The van der Waals surface area contributed by atoms with Crippen LogP contribution in [0.1, 0.15) is 99.7 Å². The second-order valence-corrected chi connectivity index (χ2v) is 15.9. The quantitative estimate of drug-likeness (QED) is 0.181. The number of nitrogens with zero attached hydrogens (tertiary/aromatic N) is 4. The van der Waals surface area contributed by atoms with Gasteiger partial charge in [0.05, 0.1) is 0 Å². The summed E-state index contributed by atoms with van der Waals surface area (Å²) in [5.41, 5.74) is 6.39. The molecular formula is C41H46N4OPt. The molecule has 47 heavy (non-hydrogen) atoms. The number of pyridine rings is 1. The molecule has 0 N–H and O–H groups in total. The summed E-state index contributed by atoms with van der Waals surface area (Å²) in [4.78, 5) is 7.77. The van der Waals surface area contributed by atoms with Gasteiger partial charge in [-0.05, 0) is 23.5 Å². The summed E-state index contributed by atoms with van der Waals surface area (Å²) >= 11 is 2.12. The number of rotatable bonds is 4. The SMILES string of the molecule is [2H]C([2H])([2H])n1[c](=[Pt])n(-c2cccc(Oc3ccc4c(c3)N(c3cc(C(C)(C)C)ccn3)C3(CCCCC3)C3CCCCC43)c2)c2ccccc21. The van der Waals surface area contributed by atoms with Gasteiger partial charge < -0.3 is 0 Å². The fourth-order valence-corrected chi connectivity index (χ4v) is 9.79. The summed E-state index contributed by atoms with van der Waals surface area (Å²) in [6, 6.07) is 26.9. The summed E-state index contributed by atoms with van der Waals surface area (Å²) in [5, 5.41) is 0. The van der Waals surface area contributed by atoms with Gasteiger partial charge in [0.25, 0.3) is 0 Å². The van der Waals surface area contributed by atoms with Crippen molar-refractivity contribution in [1.82, 2.24) is 14.1 Å². The summed E-state index contributed by atoms with van der Waals surface area (Å²) in [6.07, 6.45) is 13.3. The number of imidazole rings is 1. The van der Waals surface area contributed by atoms with Crippen LogP contribution in [-0.4, -0.2) is 19.7 Å². The van der Waals surface area contributed by atoms with Crippen LogP contribution in [-0.2, 0) is 31.7 Å². The minimum absolute atomic E-state index is 0.0189. The zero-order chi connectivity index (χ0) is 34.8. The monoisotopic (exact) mass is 808 g/mol. The Morgan fingerprint density at radius 2 is 1.64 bits per heavy atom. The number of aromatic nitrogens is 3. The van der Waals surface area contributed by atoms with E-state index in [1.807, 2.05) is 59.3 Å². The van der Waals surface area contributed by atoms with Crippen LogP contribution in [0.3, 0.4) is 0 Å². The van der Waals surface area contributed by atoms with Crippen molar-refractivity contribution in [3.63, 3.8) is 0 Å². The molecule has 2 saturated carbocycles. The molecule has 3 aliphatic rings. The fourth-order valence-electron chi connectivity index (χ4n) is 8.95. The molecule has 0 radical (unpaired) electrons. The predicted octanol–water partition coefficient (Wildman–Crippen LogP) is 10.7. The number of hydrogen-bond donors (Lipinski definition) is 0. The third kappa shape index (κ3) is 5.25. The Labute approximate surface area is 294 Å². The zero-order valence-corrected chi connectivity index (χ0v) is 29.9. The molecule has 246 valence electrons. The van der Waals surface area contributed by atoms with E-state index in [2.05, 4.69) is 75.4 Å². The first-order chi connectivity index (χ1) is 24.0. The average Bonchev–Trinajstić information content (AvgIpc) is 3.41. The number of fused-ring (bicyclic) bond motifs is 5. The normalized spacial score (nSPS) is 21.9. The van der Waals surface area contributed by atoms with Crippen molar-refractivity contribution in [2.75, 3.05) is 4.90 Å². The summed E-state index contributed by atoms with van der Waals surface area (Å²) in [5.74, 6) is 3.72. The number of ether oxygens (including phenoxy) is 1. The van der Waals surface area contributed by atoms with Gasteiger partial charge in [0.15, 0.2) is 0 Å². The number of aryl methyl sites for hydroxylation is 1. The molecule has 1 aliphatic heterocycles. The molecule has 3 heterocycles. The van der Waals surface area contributed by atoms with Gasteiger partial charge in [-0.2, -0.15) is 0 Å². The van der Waals surface area contributed by atoms with Crippen molar-refractivity contribution in [2.24, 2.45) is 12.9 Å². The number of hydrogen-bond acceptors (Lipinski definition) is 3. The van der Waals surface area contributed by atoms with Gasteiger partial charge in [0.2, 0.25) is 0 Å². The van der Waals surface area contributed by atoms with E-state index in [0.717, 1.165) is 22.8 Å². The first-order valence-electron chi connectivity index (χ1n) is 18.8. The van der Waals surface area contributed by atoms with Crippen LogP contribution in [0, 0.1) is 9.72 Å². The summed E-state index contributed by atoms with van der Waals surface area (Å²) < 4.78 is 35.5. The molecule has 8 rings (SSSR count). The van der Waals surface area contributed by atoms with Crippen LogP contribution in [0.2, 0.25) is 0 Å². The van der Waals surface area contributed by atoms with E-state index in [1.54, 1.807) is 0 Å². The van der Waals surface area contributed by atoms with E-state index in [1.165, 1.54) is 79.2 Å². The second-order valence-electron chi connectivity index (χ2n) is 14.9. The number of benzene rings is 3. The molecule has 0 bridgehead atoms. The third-order valence-corrected chi connectivity index (χ3v) is 12.1. The molecule has 3 aromatic carbocycles. The summed E-state index contributed by atoms with van der Waals surface area (Å²) in [6.45, 7) is 4.54. The molecular weight excluding hydrogens is 760 g/mol. The molecule has 0 saturated heterocycles. The van der Waals surface area contributed by atoms with Crippen LogP contribution >= 0.6 is 0 Å². The van der Waals surface area contributed by atoms with Gasteiger partial charge >= 0.3 is 213 Å². The fraction of sp³-hybridized carbons (Fsp3) is 0.415. The first kappa shape index (κ1) is 27.5. The van der Waals surface area contributed by atoms with Gasteiger partial charge in [-0.15, -0.1) is 0 Å². The van der Waals surface area contributed by atoms with Gasteiger partial charge in [-0.1, -0.05) is 52.9 Å². The van der Waals surface area contributed by atoms with Gasteiger partial charge in [-0.25, -0.2) is 0 Å². The maximum absolute atomic E-state index is 8.23. The Kier molecular flexibility index (Phi) is 6.98. The van der Waals surface area contributed by atoms with Crippen molar-refractivity contribution in [2.45, 2.75) is 95.4 Å². The van der Waals surface area contributed by atoms with Crippen molar-refractivity contribution in [3.05, 3.63) is 100.0 Å². The molecule has 0 amide bonds. The molecule has 6 heteroatoms.